The minimum absolute atomic E-state index is 0.167. The fourth-order valence-corrected chi connectivity index (χ4v) is 3.74. The number of carbonyl (C=O) groups excluding carboxylic acids is 1. The molecule has 1 fully saturated rings. The lowest BCUT2D eigenvalue weighted by Gasteiger charge is -2.23. The molecule has 0 atom stereocenters. The van der Waals surface area contributed by atoms with Crippen LogP contribution >= 0.6 is 0 Å². The Morgan fingerprint density at radius 2 is 1.85 bits per heavy atom. The molecule has 0 spiro atoms. The monoisotopic (exact) mass is 348 g/mol. The number of para-hydroxylation sites is 2. The molecule has 1 aliphatic heterocycles. The van der Waals surface area contributed by atoms with Gasteiger partial charge in [-0.2, -0.15) is 0 Å². The quantitative estimate of drug-likeness (QED) is 0.713. The molecule has 3 aromatic rings. The van der Waals surface area contributed by atoms with Crippen molar-refractivity contribution in [2.75, 3.05) is 31.1 Å². The molecule has 1 aromatic heterocycles. The Morgan fingerprint density at radius 3 is 2.65 bits per heavy atom. The second kappa shape index (κ2) is 6.83. The van der Waals surface area contributed by atoms with Crippen molar-refractivity contribution >= 4 is 22.6 Å². The molecule has 0 N–H and O–H groups in total. The third-order valence-electron chi connectivity index (χ3n) is 5.20. The third-order valence-corrected chi connectivity index (χ3v) is 5.20. The van der Waals surface area contributed by atoms with Crippen molar-refractivity contribution in [3.8, 4) is 11.4 Å². The standard InChI is InChI=1S/C21H24N4O/c1-16(26)24-11-6-12-25(14-13-24)18-8-5-7-17(15-18)21-22-19-9-3-4-10-20(19)23(21)2/h3-5,7-10,15H,6,11-14H2,1-2H3. The molecule has 4 rings (SSSR count). The van der Waals surface area contributed by atoms with Crippen molar-refractivity contribution in [3.63, 3.8) is 0 Å². The summed E-state index contributed by atoms with van der Waals surface area (Å²) in [6, 6.07) is 16.8. The zero-order valence-electron chi connectivity index (χ0n) is 15.4. The van der Waals surface area contributed by atoms with Gasteiger partial charge in [-0.1, -0.05) is 24.3 Å². The SMILES string of the molecule is CC(=O)N1CCCN(c2cccc(-c3nc4ccccc4n3C)c2)CC1. The number of amides is 1. The Bertz CT molecular complexity index is 946. The Kier molecular flexibility index (Phi) is 4.37. The highest BCUT2D eigenvalue weighted by molar-refractivity contribution is 5.81. The maximum absolute atomic E-state index is 11.7. The van der Waals surface area contributed by atoms with Gasteiger partial charge in [-0.3, -0.25) is 4.79 Å². The van der Waals surface area contributed by atoms with Gasteiger partial charge in [0.25, 0.3) is 0 Å². The highest BCUT2D eigenvalue weighted by atomic mass is 16.2. The van der Waals surface area contributed by atoms with Gasteiger partial charge in [0, 0.05) is 51.4 Å². The number of aryl methyl sites for hydroxylation is 1. The molecular formula is C21H24N4O. The van der Waals surface area contributed by atoms with E-state index in [0.29, 0.717) is 0 Å². The maximum atomic E-state index is 11.7. The summed E-state index contributed by atoms with van der Waals surface area (Å²) in [4.78, 5) is 20.8. The number of hydrogen-bond acceptors (Lipinski definition) is 3. The van der Waals surface area contributed by atoms with Crippen LogP contribution in [-0.2, 0) is 11.8 Å². The van der Waals surface area contributed by atoms with Gasteiger partial charge in [0.2, 0.25) is 5.91 Å². The highest BCUT2D eigenvalue weighted by Crippen LogP contribution is 2.27. The van der Waals surface area contributed by atoms with Crippen molar-refractivity contribution in [2.45, 2.75) is 13.3 Å². The summed E-state index contributed by atoms with van der Waals surface area (Å²) in [6.07, 6.45) is 0.996. The first kappa shape index (κ1) is 16.6. The number of fused-ring (bicyclic) bond motifs is 1. The number of aromatic nitrogens is 2. The minimum Gasteiger partial charge on any atom is -0.370 e. The summed E-state index contributed by atoms with van der Waals surface area (Å²) in [5, 5.41) is 0. The molecule has 26 heavy (non-hydrogen) atoms. The lowest BCUT2D eigenvalue weighted by atomic mass is 10.1. The fourth-order valence-electron chi connectivity index (χ4n) is 3.74. The van der Waals surface area contributed by atoms with Crippen LogP contribution in [-0.4, -0.2) is 46.5 Å². The van der Waals surface area contributed by atoms with Crippen LogP contribution in [0.25, 0.3) is 22.4 Å². The summed E-state index contributed by atoms with van der Waals surface area (Å²) >= 11 is 0. The van der Waals surface area contributed by atoms with E-state index in [4.69, 9.17) is 4.98 Å². The number of rotatable bonds is 2. The van der Waals surface area contributed by atoms with Crippen LogP contribution in [0, 0.1) is 0 Å². The summed E-state index contributed by atoms with van der Waals surface area (Å²) in [7, 11) is 2.06. The minimum atomic E-state index is 0.167. The Hall–Kier alpha value is -2.82. The molecule has 5 nitrogen and oxygen atoms in total. The van der Waals surface area contributed by atoms with Gasteiger partial charge >= 0.3 is 0 Å². The van der Waals surface area contributed by atoms with Crippen LogP contribution < -0.4 is 4.90 Å². The van der Waals surface area contributed by atoms with E-state index in [9.17, 15) is 4.79 Å². The van der Waals surface area contributed by atoms with Crippen molar-refractivity contribution in [1.82, 2.24) is 14.5 Å². The molecule has 2 heterocycles. The summed E-state index contributed by atoms with van der Waals surface area (Å²) in [5.74, 6) is 1.15. The van der Waals surface area contributed by atoms with E-state index in [1.807, 2.05) is 23.1 Å². The first-order valence-electron chi connectivity index (χ1n) is 9.16. The van der Waals surface area contributed by atoms with E-state index in [1.165, 1.54) is 5.69 Å². The highest BCUT2D eigenvalue weighted by Gasteiger charge is 2.18. The predicted octanol–water partition coefficient (Wildman–Crippen LogP) is 3.30. The summed E-state index contributed by atoms with van der Waals surface area (Å²) in [5.41, 5.74) is 4.47. The van der Waals surface area contributed by atoms with Crippen molar-refractivity contribution in [3.05, 3.63) is 48.5 Å². The average molecular weight is 348 g/mol. The van der Waals surface area contributed by atoms with E-state index in [2.05, 4.69) is 46.8 Å². The van der Waals surface area contributed by atoms with E-state index in [-0.39, 0.29) is 5.91 Å². The largest absolute Gasteiger partial charge is 0.370 e. The normalized spacial score (nSPS) is 15.3. The number of benzene rings is 2. The molecule has 2 aromatic carbocycles. The van der Waals surface area contributed by atoms with E-state index in [1.54, 1.807) is 6.92 Å². The molecular weight excluding hydrogens is 324 g/mol. The van der Waals surface area contributed by atoms with E-state index >= 15 is 0 Å². The molecule has 0 radical (unpaired) electrons. The summed E-state index contributed by atoms with van der Waals surface area (Å²) in [6.45, 7) is 5.12. The summed E-state index contributed by atoms with van der Waals surface area (Å²) < 4.78 is 2.15. The zero-order valence-corrected chi connectivity index (χ0v) is 15.4. The van der Waals surface area contributed by atoms with Gasteiger partial charge in [-0.25, -0.2) is 4.98 Å². The molecule has 1 amide bonds. The fraction of sp³-hybridized carbons (Fsp3) is 0.333. The molecule has 1 aliphatic rings. The molecule has 1 saturated heterocycles. The Morgan fingerprint density at radius 1 is 1.00 bits per heavy atom. The van der Waals surface area contributed by atoms with Crippen LogP contribution in [0.15, 0.2) is 48.5 Å². The lowest BCUT2D eigenvalue weighted by Crippen LogP contribution is -2.33. The third kappa shape index (κ3) is 3.05. The number of nitrogens with zero attached hydrogens (tertiary/aromatic N) is 4. The Balaban J connectivity index is 1.64. The van der Waals surface area contributed by atoms with Gasteiger partial charge in [-0.15, -0.1) is 0 Å². The van der Waals surface area contributed by atoms with Crippen molar-refractivity contribution in [1.29, 1.82) is 0 Å². The van der Waals surface area contributed by atoms with Crippen molar-refractivity contribution < 1.29 is 4.79 Å². The number of hydrogen-bond donors (Lipinski definition) is 0. The van der Waals surface area contributed by atoms with Crippen LogP contribution in [0.4, 0.5) is 5.69 Å². The predicted molar refractivity (Wildman–Crippen MR) is 105 cm³/mol. The average Bonchev–Trinajstić information content (AvgIpc) is 2.84. The van der Waals surface area contributed by atoms with Crippen LogP contribution in [0.2, 0.25) is 0 Å². The second-order valence-electron chi connectivity index (χ2n) is 6.88. The molecule has 134 valence electrons. The van der Waals surface area contributed by atoms with Crippen LogP contribution in [0.5, 0.6) is 0 Å². The van der Waals surface area contributed by atoms with E-state index in [0.717, 1.165) is 55.0 Å². The first-order valence-corrected chi connectivity index (χ1v) is 9.16. The zero-order chi connectivity index (χ0) is 18.1. The van der Waals surface area contributed by atoms with Crippen LogP contribution in [0.1, 0.15) is 13.3 Å². The number of imidazole rings is 1. The van der Waals surface area contributed by atoms with Crippen molar-refractivity contribution in [2.24, 2.45) is 7.05 Å². The van der Waals surface area contributed by atoms with Crippen LogP contribution in [0.3, 0.4) is 0 Å². The molecule has 0 unspecified atom stereocenters. The van der Waals surface area contributed by atoms with Gasteiger partial charge in [0.1, 0.15) is 5.82 Å². The van der Waals surface area contributed by atoms with Gasteiger partial charge in [0.05, 0.1) is 11.0 Å². The lowest BCUT2D eigenvalue weighted by molar-refractivity contribution is -0.128. The van der Waals surface area contributed by atoms with E-state index < -0.39 is 0 Å². The topological polar surface area (TPSA) is 41.4 Å². The molecule has 0 bridgehead atoms. The first-order chi connectivity index (χ1) is 12.6. The number of anilines is 1. The smallest absolute Gasteiger partial charge is 0.219 e. The molecule has 0 saturated carbocycles. The molecule has 0 aliphatic carbocycles. The van der Waals surface area contributed by atoms with Gasteiger partial charge in [-0.05, 0) is 30.7 Å². The number of carbonyl (C=O) groups is 1. The second-order valence-corrected chi connectivity index (χ2v) is 6.88. The molecule has 5 heteroatoms. The maximum Gasteiger partial charge on any atom is 0.219 e. The Labute approximate surface area is 153 Å². The van der Waals surface area contributed by atoms with Gasteiger partial charge in [0.15, 0.2) is 0 Å². The van der Waals surface area contributed by atoms with Gasteiger partial charge < -0.3 is 14.4 Å².